The largest absolute Gasteiger partial charge is 0.489 e. The van der Waals surface area contributed by atoms with E-state index >= 15 is 0 Å². The van der Waals surface area contributed by atoms with Gasteiger partial charge in [0.1, 0.15) is 24.0 Å². The lowest BCUT2D eigenvalue weighted by Gasteiger charge is -2.22. The van der Waals surface area contributed by atoms with E-state index in [0.717, 1.165) is 48.2 Å². The van der Waals surface area contributed by atoms with Gasteiger partial charge in [-0.25, -0.2) is 9.37 Å². The van der Waals surface area contributed by atoms with Gasteiger partial charge >= 0.3 is 0 Å². The van der Waals surface area contributed by atoms with E-state index in [1.807, 2.05) is 48.5 Å². The van der Waals surface area contributed by atoms with E-state index in [0.29, 0.717) is 11.1 Å². The van der Waals surface area contributed by atoms with Crippen molar-refractivity contribution in [1.82, 2.24) is 9.66 Å². The summed E-state index contributed by atoms with van der Waals surface area (Å²) in [5.74, 6) is 1.38. The molecule has 0 aliphatic heterocycles. The maximum atomic E-state index is 13.3. The van der Waals surface area contributed by atoms with Crippen LogP contribution in [0.1, 0.15) is 55.0 Å². The number of benzene rings is 3. The van der Waals surface area contributed by atoms with Gasteiger partial charge in [-0.3, -0.25) is 4.79 Å². The standard InChI is InChI=1S/C28H26FN3O2/c29-23-10-6-7-21(17-23)19-34-24-15-13-20(14-16-24)18-30-32-27(22-8-2-1-3-9-22)31-26-12-5-4-11-25(26)28(32)33/h4-7,10-18,22H,1-3,8-9,19H2. The highest BCUT2D eigenvalue weighted by Crippen LogP contribution is 2.31. The Balaban J connectivity index is 1.38. The molecule has 0 amide bonds. The predicted molar refractivity (Wildman–Crippen MR) is 132 cm³/mol. The summed E-state index contributed by atoms with van der Waals surface area (Å²) < 4.78 is 20.6. The van der Waals surface area contributed by atoms with Crippen molar-refractivity contribution in [2.75, 3.05) is 0 Å². The minimum atomic E-state index is -0.279. The van der Waals surface area contributed by atoms with Crippen molar-refractivity contribution in [3.8, 4) is 5.75 Å². The van der Waals surface area contributed by atoms with Crippen molar-refractivity contribution < 1.29 is 9.13 Å². The molecule has 0 spiro atoms. The first-order valence-electron chi connectivity index (χ1n) is 11.7. The van der Waals surface area contributed by atoms with Crippen LogP contribution >= 0.6 is 0 Å². The van der Waals surface area contributed by atoms with E-state index in [2.05, 4.69) is 5.10 Å². The summed E-state index contributed by atoms with van der Waals surface area (Å²) in [7, 11) is 0. The molecule has 1 aliphatic rings. The van der Waals surface area contributed by atoms with Crippen LogP contribution in [0.3, 0.4) is 0 Å². The molecule has 1 aromatic heterocycles. The molecule has 1 heterocycles. The second-order valence-electron chi connectivity index (χ2n) is 8.67. The van der Waals surface area contributed by atoms with Gasteiger partial charge in [0.15, 0.2) is 0 Å². The Bertz CT molecular complexity index is 1370. The van der Waals surface area contributed by atoms with Crippen molar-refractivity contribution in [3.05, 3.63) is 106 Å². The van der Waals surface area contributed by atoms with E-state index in [1.54, 1.807) is 18.3 Å². The average molecular weight is 456 g/mol. The van der Waals surface area contributed by atoms with Crippen molar-refractivity contribution >= 4 is 17.1 Å². The zero-order chi connectivity index (χ0) is 23.3. The van der Waals surface area contributed by atoms with Crippen LogP contribution in [-0.4, -0.2) is 15.9 Å². The molecule has 4 aromatic rings. The highest BCUT2D eigenvalue weighted by Gasteiger charge is 2.22. The van der Waals surface area contributed by atoms with Crippen molar-refractivity contribution in [1.29, 1.82) is 0 Å². The normalized spacial score (nSPS) is 14.6. The van der Waals surface area contributed by atoms with Gasteiger partial charge in [0.05, 0.1) is 17.1 Å². The lowest BCUT2D eigenvalue weighted by atomic mass is 9.88. The van der Waals surface area contributed by atoms with Gasteiger partial charge in [0, 0.05) is 5.92 Å². The molecular formula is C28H26FN3O2. The summed E-state index contributed by atoms with van der Waals surface area (Å²) >= 11 is 0. The van der Waals surface area contributed by atoms with E-state index < -0.39 is 0 Å². The third-order valence-corrected chi connectivity index (χ3v) is 6.25. The maximum absolute atomic E-state index is 13.3. The summed E-state index contributed by atoms with van der Waals surface area (Å²) in [6.45, 7) is 0.286. The fraction of sp³-hybridized carbons (Fsp3) is 0.250. The predicted octanol–water partition coefficient (Wildman–Crippen LogP) is 6.04. The molecule has 34 heavy (non-hydrogen) atoms. The molecule has 0 unspecified atom stereocenters. The van der Waals surface area contributed by atoms with Crippen molar-refractivity contribution in [2.24, 2.45) is 5.10 Å². The van der Waals surface area contributed by atoms with Crippen LogP contribution in [0.15, 0.2) is 82.7 Å². The van der Waals surface area contributed by atoms with Crippen molar-refractivity contribution in [2.45, 2.75) is 44.6 Å². The molecule has 172 valence electrons. The highest BCUT2D eigenvalue weighted by molar-refractivity contribution is 5.80. The number of rotatable bonds is 6. The van der Waals surface area contributed by atoms with Gasteiger partial charge in [0.2, 0.25) is 0 Å². The molecular weight excluding hydrogens is 429 g/mol. The molecule has 0 N–H and O–H groups in total. The molecule has 5 nitrogen and oxygen atoms in total. The Morgan fingerprint density at radius 3 is 2.59 bits per heavy atom. The molecule has 1 aliphatic carbocycles. The zero-order valence-electron chi connectivity index (χ0n) is 18.9. The third-order valence-electron chi connectivity index (χ3n) is 6.25. The molecule has 1 fully saturated rings. The minimum absolute atomic E-state index is 0.141. The number of ether oxygens (including phenoxy) is 1. The van der Waals surface area contributed by atoms with Gasteiger partial charge in [-0.15, -0.1) is 0 Å². The van der Waals surface area contributed by atoms with E-state index in [9.17, 15) is 9.18 Å². The van der Waals surface area contributed by atoms with Crippen LogP contribution in [0.2, 0.25) is 0 Å². The second-order valence-corrected chi connectivity index (χ2v) is 8.67. The Morgan fingerprint density at radius 1 is 1.00 bits per heavy atom. The summed E-state index contributed by atoms with van der Waals surface area (Å²) in [5.41, 5.74) is 2.19. The number of hydrogen-bond acceptors (Lipinski definition) is 4. The van der Waals surface area contributed by atoms with Gasteiger partial charge in [0.25, 0.3) is 5.56 Å². The van der Waals surface area contributed by atoms with E-state index in [-0.39, 0.29) is 23.9 Å². The summed E-state index contributed by atoms with van der Waals surface area (Å²) in [6.07, 6.45) is 7.25. The van der Waals surface area contributed by atoms with Crippen LogP contribution in [0.4, 0.5) is 4.39 Å². The van der Waals surface area contributed by atoms with Crippen molar-refractivity contribution in [3.63, 3.8) is 0 Å². The molecule has 1 saturated carbocycles. The fourth-order valence-electron chi connectivity index (χ4n) is 4.45. The lowest BCUT2D eigenvalue weighted by molar-refractivity contribution is 0.305. The second kappa shape index (κ2) is 10.00. The lowest BCUT2D eigenvalue weighted by Crippen LogP contribution is -2.25. The molecule has 3 aromatic carbocycles. The highest BCUT2D eigenvalue weighted by atomic mass is 19.1. The maximum Gasteiger partial charge on any atom is 0.282 e. The monoisotopic (exact) mass is 455 g/mol. The summed E-state index contributed by atoms with van der Waals surface area (Å²) in [6, 6.07) is 21.2. The number of hydrogen-bond donors (Lipinski definition) is 0. The van der Waals surface area contributed by atoms with Crippen LogP contribution in [-0.2, 0) is 6.61 Å². The summed E-state index contributed by atoms with van der Waals surface area (Å²) in [4.78, 5) is 18.1. The summed E-state index contributed by atoms with van der Waals surface area (Å²) in [5, 5.41) is 5.14. The van der Waals surface area contributed by atoms with Gasteiger partial charge < -0.3 is 4.74 Å². The topological polar surface area (TPSA) is 56.5 Å². The number of nitrogens with zero attached hydrogens (tertiary/aromatic N) is 3. The Labute approximate surface area is 197 Å². The number of halogens is 1. The zero-order valence-corrected chi connectivity index (χ0v) is 18.9. The van der Waals surface area contributed by atoms with E-state index in [1.165, 1.54) is 23.2 Å². The smallest absolute Gasteiger partial charge is 0.282 e. The minimum Gasteiger partial charge on any atom is -0.489 e. The van der Waals surface area contributed by atoms with E-state index in [4.69, 9.17) is 9.72 Å². The molecule has 0 saturated heterocycles. The first-order chi connectivity index (χ1) is 16.7. The SMILES string of the molecule is O=c1c2ccccc2nc(C2CCCCC2)n1N=Cc1ccc(OCc2cccc(F)c2)cc1. The average Bonchev–Trinajstić information content (AvgIpc) is 2.88. The van der Waals surface area contributed by atoms with Gasteiger partial charge in [-0.05, 0) is 72.5 Å². The van der Waals surface area contributed by atoms with Crippen LogP contribution in [0.25, 0.3) is 10.9 Å². The molecule has 0 bridgehead atoms. The Hall–Kier alpha value is -3.80. The quantitative estimate of drug-likeness (QED) is 0.333. The fourth-order valence-corrected chi connectivity index (χ4v) is 4.45. The number of fused-ring (bicyclic) bond motifs is 1. The van der Waals surface area contributed by atoms with Crippen LogP contribution < -0.4 is 10.3 Å². The molecule has 5 rings (SSSR count). The first-order valence-corrected chi connectivity index (χ1v) is 11.7. The molecule has 0 radical (unpaired) electrons. The Morgan fingerprint density at radius 2 is 1.79 bits per heavy atom. The van der Waals surface area contributed by atoms with Crippen LogP contribution in [0.5, 0.6) is 5.75 Å². The molecule has 0 atom stereocenters. The first kappa shape index (κ1) is 22.0. The molecule has 6 heteroatoms. The van der Waals surface area contributed by atoms with Gasteiger partial charge in [-0.1, -0.05) is 43.5 Å². The number of para-hydroxylation sites is 1. The number of aromatic nitrogens is 2. The van der Waals surface area contributed by atoms with Gasteiger partial charge in [-0.2, -0.15) is 9.78 Å². The van der Waals surface area contributed by atoms with Crippen LogP contribution in [0, 0.1) is 5.82 Å². The third kappa shape index (κ3) is 4.91. The Kier molecular flexibility index (Phi) is 6.47.